The molecule has 164 valence electrons. The summed E-state index contributed by atoms with van der Waals surface area (Å²) in [5.41, 5.74) is 1.13. The summed E-state index contributed by atoms with van der Waals surface area (Å²) in [4.78, 5) is 14.4. The number of methoxy groups -OCH3 is 2. The van der Waals surface area contributed by atoms with E-state index < -0.39 is 0 Å². The summed E-state index contributed by atoms with van der Waals surface area (Å²) in [6, 6.07) is 5.81. The van der Waals surface area contributed by atoms with Crippen molar-refractivity contribution >= 4 is 5.91 Å². The molecule has 0 saturated carbocycles. The SMILES string of the molecule is CCC(=O)NC(c1nnc2n1CCN(Cc1ccc(OC)cc1OC)CC2)C(C)C. The van der Waals surface area contributed by atoms with E-state index in [1.54, 1.807) is 14.2 Å². The maximum Gasteiger partial charge on any atom is 0.220 e. The Labute approximate surface area is 178 Å². The average Bonchev–Trinajstić information content (AvgIpc) is 3.05. The highest BCUT2D eigenvalue weighted by Crippen LogP contribution is 2.27. The van der Waals surface area contributed by atoms with Crippen LogP contribution in [0, 0.1) is 5.92 Å². The van der Waals surface area contributed by atoms with Crippen LogP contribution in [0.1, 0.15) is 50.4 Å². The zero-order valence-corrected chi connectivity index (χ0v) is 18.6. The summed E-state index contributed by atoms with van der Waals surface area (Å²) < 4.78 is 13.0. The van der Waals surface area contributed by atoms with Crippen molar-refractivity contribution in [1.29, 1.82) is 0 Å². The maximum atomic E-state index is 12.0. The lowest BCUT2D eigenvalue weighted by Gasteiger charge is -2.23. The molecule has 0 bridgehead atoms. The number of nitrogens with one attached hydrogen (secondary N) is 1. The smallest absolute Gasteiger partial charge is 0.220 e. The molecule has 2 heterocycles. The largest absolute Gasteiger partial charge is 0.497 e. The summed E-state index contributed by atoms with van der Waals surface area (Å²) >= 11 is 0. The van der Waals surface area contributed by atoms with E-state index in [2.05, 4.69) is 44.9 Å². The first kappa shape index (κ1) is 22.1. The van der Waals surface area contributed by atoms with Gasteiger partial charge in [0.2, 0.25) is 5.91 Å². The van der Waals surface area contributed by atoms with Crippen LogP contribution in [0.4, 0.5) is 0 Å². The zero-order chi connectivity index (χ0) is 21.7. The molecule has 1 amide bonds. The summed E-state index contributed by atoms with van der Waals surface area (Å²) in [7, 11) is 3.34. The fourth-order valence-corrected chi connectivity index (χ4v) is 3.81. The van der Waals surface area contributed by atoms with Gasteiger partial charge in [0, 0.05) is 50.7 Å². The number of hydrogen-bond donors (Lipinski definition) is 1. The quantitative estimate of drug-likeness (QED) is 0.714. The molecule has 1 aromatic carbocycles. The second-order valence-corrected chi connectivity index (χ2v) is 7.97. The minimum absolute atomic E-state index is 0.0351. The van der Waals surface area contributed by atoms with Crippen molar-refractivity contribution in [2.45, 2.75) is 52.7 Å². The van der Waals surface area contributed by atoms with Gasteiger partial charge in [0.25, 0.3) is 0 Å². The number of nitrogens with zero attached hydrogens (tertiary/aromatic N) is 4. The molecular weight excluding hydrogens is 382 g/mol. The lowest BCUT2D eigenvalue weighted by atomic mass is 10.0. The molecule has 0 fully saturated rings. The van der Waals surface area contributed by atoms with Crippen LogP contribution in [0.25, 0.3) is 0 Å². The van der Waals surface area contributed by atoms with Crippen molar-refractivity contribution in [2.24, 2.45) is 5.92 Å². The lowest BCUT2D eigenvalue weighted by molar-refractivity contribution is -0.121. The molecule has 1 aromatic heterocycles. The molecule has 1 N–H and O–H groups in total. The predicted octanol–water partition coefficient (Wildman–Crippen LogP) is 2.58. The summed E-state index contributed by atoms with van der Waals surface area (Å²) in [6.07, 6.45) is 1.28. The van der Waals surface area contributed by atoms with E-state index in [1.165, 1.54) is 0 Å². The van der Waals surface area contributed by atoms with Crippen LogP contribution < -0.4 is 14.8 Å². The minimum atomic E-state index is -0.132. The highest BCUT2D eigenvalue weighted by Gasteiger charge is 2.27. The summed E-state index contributed by atoms with van der Waals surface area (Å²) in [5, 5.41) is 12.0. The van der Waals surface area contributed by atoms with Crippen LogP contribution in [-0.4, -0.2) is 52.9 Å². The normalized spacial score (nSPS) is 15.4. The van der Waals surface area contributed by atoms with Gasteiger partial charge in [-0.15, -0.1) is 10.2 Å². The second kappa shape index (κ2) is 9.93. The Bertz CT molecular complexity index is 864. The first-order chi connectivity index (χ1) is 14.5. The number of fused-ring (bicyclic) bond motifs is 1. The molecule has 1 aliphatic rings. The van der Waals surface area contributed by atoms with Gasteiger partial charge in [-0.05, 0) is 12.0 Å². The molecule has 0 saturated heterocycles. The van der Waals surface area contributed by atoms with Crippen molar-refractivity contribution in [2.75, 3.05) is 27.3 Å². The molecule has 0 radical (unpaired) electrons. The highest BCUT2D eigenvalue weighted by molar-refractivity contribution is 5.75. The molecule has 0 aliphatic carbocycles. The molecule has 2 aromatic rings. The van der Waals surface area contributed by atoms with Crippen LogP contribution in [0.2, 0.25) is 0 Å². The number of aromatic nitrogens is 3. The number of carbonyl (C=O) groups is 1. The van der Waals surface area contributed by atoms with E-state index >= 15 is 0 Å². The first-order valence-electron chi connectivity index (χ1n) is 10.6. The summed E-state index contributed by atoms with van der Waals surface area (Å²) in [5.74, 6) is 3.72. The molecule has 1 unspecified atom stereocenters. The summed E-state index contributed by atoms with van der Waals surface area (Å²) in [6.45, 7) is 9.41. The third kappa shape index (κ3) is 4.92. The van der Waals surface area contributed by atoms with E-state index in [0.29, 0.717) is 6.42 Å². The van der Waals surface area contributed by atoms with E-state index in [-0.39, 0.29) is 17.9 Å². The van der Waals surface area contributed by atoms with Crippen LogP contribution in [0.5, 0.6) is 11.5 Å². The van der Waals surface area contributed by atoms with Gasteiger partial charge in [0.15, 0.2) is 5.82 Å². The topological polar surface area (TPSA) is 81.5 Å². The Balaban J connectivity index is 1.74. The van der Waals surface area contributed by atoms with E-state index in [9.17, 15) is 4.79 Å². The van der Waals surface area contributed by atoms with Crippen LogP contribution in [0.15, 0.2) is 18.2 Å². The Morgan fingerprint density at radius 3 is 2.63 bits per heavy atom. The molecule has 30 heavy (non-hydrogen) atoms. The standard InChI is InChI=1S/C22H33N5O3/c1-6-20(28)23-21(15(2)3)22-25-24-19-9-10-26(11-12-27(19)22)14-16-7-8-17(29-4)13-18(16)30-5/h7-8,13,15,21H,6,9-12,14H2,1-5H3,(H,23,28). The number of carbonyl (C=O) groups excluding carboxylic acids is 1. The fourth-order valence-electron chi connectivity index (χ4n) is 3.81. The van der Waals surface area contributed by atoms with Crippen molar-refractivity contribution in [3.05, 3.63) is 35.4 Å². The second-order valence-electron chi connectivity index (χ2n) is 7.97. The lowest BCUT2D eigenvalue weighted by Crippen LogP contribution is -2.34. The van der Waals surface area contributed by atoms with Gasteiger partial charge in [-0.1, -0.05) is 26.8 Å². The van der Waals surface area contributed by atoms with E-state index in [1.807, 2.05) is 19.1 Å². The van der Waals surface area contributed by atoms with Crippen molar-refractivity contribution in [1.82, 2.24) is 25.0 Å². The molecule has 0 spiro atoms. The fraction of sp³-hybridized carbons (Fsp3) is 0.591. The number of rotatable bonds is 8. The third-order valence-corrected chi connectivity index (χ3v) is 5.62. The number of ether oxygens (including phenoxy) is 2. The zero-order valence-electron chi connectivity index (χ0n) is 18.6. The van der Waals surface area contributed by atoms with Crippen LogP contribution in [-0.2, 0) is 24.3 Å². The predicted molar refractivity (Wildman–Crippen MR) is 115 cm³/mol. The number of benzene rings is 1. The molecule has 1 atom stereocenters. The number of hydrogen-bond acceptors (Lipinski definition) is 6. The minimum Gasteiger partial charge on any atom is -0.497 e. The molecular formula is C22H33N5O3. The molecule has 3 rings (SSSR count). The Hall–Kier alpha value is -2.61. The molecule has 8 heteroatoms. The Kier molecular flexibility index (Phi) is 7.31. The number of amides is 1. The monoisotopic (exact) mass is 415 g/mol. The van der Waals surface area contributed by atoms with E-state index in [0.717, 1.165) is 61.3 Å². The van der Waals surface area contributed by atoms with Crippen molar-refractivity contribution in [3.63, 3.8) is 0 Å². The van der Waals surface area contributed by atoms with Crippen LogP contribution in [0.3, 0.4) is 0 Å². The first-order valence-corrected chi connectivity index (χ1v) is 10.6. The van der Waals surface area contributed by atoms with Gasteiger partial charge in [0.05, 0.1) is 20.3 Å². The molecule has 8 nitrogen and oxygen atoms in total. The third-order valence-electron chi connectivity index (χ3n) is 5.62. The van der Waals surface area contributed by atoms with Crippen LogP contribution >= 0.6 is 0 Å². The van der Waals surface area contributed by atoms with Gasteiger partial charge in [0.1, 0.15) is 17.3 Å². The maximum absolute atomic E-state index is 12.0. The van der Waals surface area contributed by atoms with Crippen molar-refractivity contribution < 1.29 is 14.3 Å². The average molecular weight is 416 g/mol. The van der Waals surface area contributed by atoms with Gasteiger partial charge in [-0.3, -0.25) is 9.69 Å². The molecule has 1 aliphatic heterocycles. The Morgan fingerprint density at radius 1 is 1.17 bits per heavy atom. The Morgan fingerprint density at radius 2 is 1.97 bits per heavy atom. The van der Waals surface area contributed by atoms with Crippen molar-refractivity contribution in [3.8, 4) is 11.5 Å². The van der Waals surface area contributed by atoms with Gasteiger partial charge in [-0.2, -0.15) is 0 Å². The van der Waals surface area contributed by atoms with Gasteiger partial charge < -0.3 is 19.4 Å². The van der Waals surface area contributed by atoms with E-state index in [4.69, 9.17) is 9.47 Å². The van der Waals surface area contributed by atoms with Gasteiger partial charge in [-0.25, -0.2) is 0 Å². The van der Waals surface area contributed by atoms with Gasteiger partial charge >= 0.3 is 0 Å². The highest BCUT2D eigenvalue weighted by atomic mass is 16.5.